The number of hydrogen-bond donors (Lipinski definition) is 0. The molecule has 0 aromatic heterocycles. The number of imide groups is 1. The Bertz CT molecular complexity index is 922. The van der Waals surface area contributed by atoms with Gasteiger partial charge in [0.15, 0.2) is 0 Å². The van der Waals surface area contributed by atoms with Crippen molar-refractivity contribution in [1.29, 1.82) is 0 Å². The van der Waals surface area contributed by atoms with Gasteiger partial charge in [-0.15, -0.1) is 0 Å². The molecule has 0 bridgehead atoms. The van der Waals surface area contributed by atoms with Gasteiger partial charge in [0, 0.05) is 0 Å². The summed E-state index contributed by atoms with van der Waals surface area (Å²) in [4.78, 5) is 48.9. The van der Waals surface area contributed by atoms with Crippen LogP contribution in [0.2, 0.25) is 0 Å². The first-order valence-electron chi connectivity index (χ1n) is 8.94. The fourth-order valence-corrected chi connectivity index (χ4v) is 2.84. The SMILES string of the molecule is COc1cccc(-c2ccc(N(C(=O)CC(C)=O)C(=O)CC(C)=O)c(OC)c2)c1. The number of anilines is 1. The number of amides is 2. The second kappa shape index (κ2) is 9.64. The molecule has 2 aromatic carbocycles. The van der Waals surface area contributed by atoms with E-state index in [-0.39, 0.29) is 23.0 Å². The van der Waals surface area contributed by atoms with Crippen molar-refractivity contribution in [3.63, 3.8) is 0 Å². The summed E-state index contributed by atoms with van der Waals surface area (Å²) in [5.41, 5.74) is 1.81. The first kappa shape index (κ1) is 21.8. The third-order valence-corrected chi connectivity index (χ3v) is 4.12. The Balaban J connectivity index is 2.52. The summed E-state index contributed by atoms with van der Waals surface area (Å²) in [6.07, 6.45) is -0.908. The molecule has 2 aromatic rings. The Morgan fingerprint density at radius 1 is 0.793 bits per heavy atom. The Morgan fingerprint density at radius 2 is 1.38 bits per heavy atom. The third-order valence-electron chi connectivity index (χ3n) is 4.12. The van der Waals surface area contributed by atoms with Gasteiger partial charge in [0.25, 0.3) is 0 Å². The fraction of sp³-hybridized carbons (Fsp3) is 0.273. The van der Waals surface area contributed by atoms with Crippen molar-refractivity contribution in [1.82, 2.24) is 0 Å². The Kier molecular flexibility index (Phi) is 7.25. The first-order chi connectivity index (χ1) is 13.8. The summed E-state index contributed by atoms with van der Waals surface area (Å²) >= 11 is 0. The minimum atomic E-state index is -0.712. The van der Waals surface area contributed by atoms with Gasteiger partial charge in [-0.05, 0) is 49.2 Å². The van der Waals surface area contributed by atoms with Crippen molar-refractivity contribution < 1.29 is 28.7 Å². The first-order valence-corrected chi connectivity index (χ1v) is 8.94. The van der Waals surface area contributed by atoms with Crippen LogP contribution in [-0.4, -0.2) is 37.6 Å². The Labute approximate surface area is 169 Å². The lowest BCUT2D eigenvalue weighted by Gasteiger charge is -2.23. The zero-order valence-electron chi connectivity index (χ0n) is 16.9. The van der Waals surface area contributed by atoms with Crippen LogP contribution in [0.1, 0.15) is 26.7 Å². The number of carbonyl (C=O) groups excluding carboxylic acids is 4. The molecule has 0 atom stereocenters. The summed E-state index contributed by atoms with van der Waals surface area (Å²) in [5.74, 6) is -1.25. The molecule has 0 radical (unpaired) electrons. The van der Waals surface area contributed by atoms with Gasteiger partial charge in [-0.3, -0.25) is 19.2 Å². The van der Waals surface area contributed by atoms with Crippen molar-refractivity contribution >= 4 is 29.1 Å². The molecular weight excluding hydrogens is 374 g/mol. The van der Waals surface area contributed by atoms with Gasteiger partial charge in [-0.1, -0.05) is 18.2 Å². The number of ether oxygens (including phenoxy) is 2. The summed E-state index contributed by atoms with van der Waals surface area (Å²) in [7, 11) is 2.99. The van der Waals surface area contributed by atoms with E-state index in [9.17, 15) is 19.2 Å². The maximum absolute atomic E-state index is 12.6. The quantitative estimate of drug-likeness (QED) is 0.636. The molecule has 2 rings (SSSR count). The average Bonchev–Trinajstić information content (AvgIpc) is 2.67. The molecule has 29 heavy (non-hydrogen) atoms. The maximum Gasteiger partial charge on any atom is 0.241 e. The molecule has 0 N–H and O–H groups in total. The van der Waals surface area contributed by atoms with Crippen LogP contribution < -0.4 is 14.4 Å². The number of rotatable bonds is 8. The standard InChI is InChI=1S/C22H23NO6/c1-14(24)10-21(26)23(22(27)11-15(2)25)19-9-8-17(13-20(19)29-4)16-6-5-7-18(12-16)28-3/h5-9,12-13H,10-11H2,1-4H3. The summed E-state index contributed by atoms with van der Waals surface area (Å²) in [6, 6.07) is 12.3. The molecule has 7 heteroatoms. The molecule has 0 saturated carbocycles. The van der Waals surface area contributed by atoms with E-state index in [4.69, 9.17) is 9.47 Å². The molecule has 0 unspecified atom stereocenters. The van der Waals surface area contributed by atoms with Gasteiger partial charge in [-0.25, -0.2) is 4.90 Å². The van der Waals surface area contributed by atoms with E-state index in [1.807, 2.05) is 24.3 Å². The van der Waals surface area contributed by atoms with Crippen LogP contribution in [0, 0.1) is 0 Å². The van der Waals surface area contributed by atoms with E-state index in [2.05, 4.69) is 0 Å². The molecule has 7 nitrogen and oxygen atoms in total. The predicted octanol–water partition coefficient (Wildman–Crippen LogP) is 3.19. The molecule has 0 aliphatic rings. The van der Waals surface area contributed by atoms with E-state index in [1.54, 1.807) is 25.3 Å². The van der Waals surface area contributed by atoms with Crippen LogP contribution in [0.4, 0.5) is 5.69 Å². The van der Waals surface area contributed by atoms with Crippen molar-refractivity contribution in [3.8, 4) is 22.6 Å². The number of methoxy groups -OCH3 is 2. The van der Waals surface area contributed by atoms with Crippen LogP contribution in [0.25, 0.3) is 11.1 Å². The average molecular weight is 397 g/mol. The molecule has 0 heterocycles. The maximum atomic E-state index is 12.6. The minimum absolute atomic E-state index is 0.177. The van der Waals surface area contributed by atoms with Crippen LogP contribution in [0.15, 0.2) is 42.5 Å². The monoisotopic (exact) mass is 397 g/mol. The van der Waals surface area contributed by atoms with E-state index in [0.29, 0.717) is 5.75 Å². The highest BCUT2D eigenvalue weighted by molar-refractivity contribution is 6.22. The van der Waals surface area contributed by atoms with Gasteiger partial charge in [0.05, 0.1) is 32.7 Å². The zero-order chi connectivity index (χ0) is 21.6. The lowest BCUT2D eigenvalue weighted by atomic mass is 10.0. The van der Waals surface area contributed by atoms with Gasteiger partial charge in [0.2, 0.25) is 11.8 Å². The number of benzene rings is 2. The van der Waals surface area contributed by atoms with E-state index in [1.165, 1.54) is 21.0 Å². The number of Topliss-reactive ketones (excluding diaryl/α,β-unsaturated/α-hetero) is 2. The largest absolute Gasteiger partial charge is 0.497 e. The number of carbonyl (C=O) groups is 4. The molecule has 152 valence electrons. The number of nitrogens with zero attached hydrogens (tertiary/aromatic N) is 1. The Hall–Kier alpha value is -3.48. The van der Waals surface area contributed by atoms with Crippen LogP contribution in [0.3, 0.4) is 0 Å². The van der Waals surface area contributed by atoms with Crippen LogP contribution >= 0.6 is 0 Å². The highest BCUT2D eigenvalue weighted by Crippen LogP contribution is 2.35. The summed E-state index contributed by atoms with van der Waals surface area (Å²) in [6.45, 7) is 2.52. The number of ketones is 2. The summed E-state index contributed by atoms with van der Waals surface area (Å²) in [5, 5.41) is 0. The molecule has 0 fully saturated rings. The van der Waals surface area contributed by atoms with E-state index in [0.717, 1.165) is 16.0 Å². The molecule has 0 saturated heterocycles. The van der Waals surface area contributed by atoms with Crippen LogP contribution in [-0.2, 0) is 19.2 Å². The molecular formula is C22H23NO6. The lowest BCUT2D eigenvalue weighted by molar-refractivity contribution is -0.130. The lowest BCUT2D eigenvalue weighted by Crippen LogP contribution is -2.39. The van der Waals surface area contributed by atoms with Gasteiger partial charge in [-0.2, -0.15) is 0 Å². The molecule has 0 spiro atoms. The Morgan fingerprint density at radius 3 is 1.90 bits per heavy atom. The van der Waals surface area contributed by atoms with Gasteiger partial charge in [0.1, 0.15) is 23.1 Å². The second-order valence-electron chi connectivity index (χ2n) is 6.50. The third kappa shape index (κ3) is 5.51. The number of hydrogen-bond acceptors (Lipinski definition) is 6. The second-order valence-corrected chi connectivity index (χ2v) is 6.50. The van der Waals surface area contributed by atoms with Crippen molar-refractivity contribution in [2.75, 3.05) is 19.1 Å². The molecule has 2 amide bonds. The normalized spacial score (nSPS) is 10.2. The van der Waals surface area contributed by atoms with Crippen molar-refractivity contribution in [3.05, 3.63) is 42.5 Å². The minimum Gasteiger partial charge on any atom is -0.497 e. The molecule has 0 aliphatic carbocycles. The van der Waals surface area contributed by atoms with Gasteiger partial charge >= 0.3 is 0 Å². The highest BCUT2D eigenvalue weighted by Gasteiger charge is 2.28. The summed E-state index contributed by atoms with van der Waals surface area (Å²) < 4.78 is 10.6. The fourth-order valence-electron chi connectivity index (χ4n) is 2.84. The van der Waals surface area contributed by atoms with Crippen molar-refractivity contribution in [2.45, 2.75) is 26.7 Å². The van der Waals surface area contributed by atoms with Crippen molar-refractivity contribution in [2.24, 2.45) is 0 Å². The van der Waals surface area contributed by atoms with Crippen LogP contribution in [0.5, 0.6) is 11.5 Å². The zero-order valence-corrected chi connectivity index (χ0v) is 16.9. The topological polar surface area (TPSA) is 90.0 Å². The predicted molar refractivity (Wildman–Crippen MR) is 108 cm³/mol. The highest BCUT2D eigenvalue weighted by atomic mass is 16.5. The smallest absolute Gasteiger partial charge is 0.241 e. The van der Waals surface area contributed by atoms with E-state index >= 15 is 0 Å². The van der Waals surface area contributed by atoms with E-state index < -0.39 is 24.7 Å². The van der Waals surface area contributed by atoms with Gasteiger partial charge < -0.3 is 9.47 Å². The molecule has 0 aliphatic heterocycles.